The van der Waals surface area contributed by atoms with Crippen molar-refractivity contribution in [2.24, 2.45) is 0 Å². The van der Waals surface area contributed by atoms with Crippen LogP contribution < -0.4 is 0 Å². The van der Waals surface area contributed by atoms with Gasteiger partial charge in [-0.05, 0) is 30.7 Å². The Morgan fingerprint density at radius 2 is 2.20 bits per heavy atom. The van der Waals surface area contributed by atoms with Gasteiger partial charge >= 0.3 is 0 Å². The Bertz CT molecular complexity index is 338. The van der Waals surface area contributed by atoms with Crippen molar-refractivity contribution < 1.29 is 9.21 Å². The molecule has 6 heteroatoms. The zero-order chi connectivity index (χ0) is 11.4. The largest absolute Gasteiger partial charge is 0.448 e. The molecule has 0 aromatic carbocycles. The summed E-state index contributed by atoms with van der Waals surface area (Å²) in [6, 6.07) is 3.32. The van der Waals surface area contributed by atoms with E-state index in [0.717, 1.165) is 0 Å². The minimum atomic E-state index is -1.05. The number of furan rings is 1. The summed E-state index contributed by atoms with van der Waals surface area (Å²) in [7, 11) is 0. The molecule has 0 bridgehead atoms. The van der Waals surface area contributed by atoms with Crippen molar-refractivity contribution in [2.45, 2.75) is 18.3 Å². The third kappa shape index (κ3) is 3.59. The third-order valence-electron chi connectivity index (χ3n) is 1.86. The molecule has 0 saturated carbocycles. The third-order valence-corrected chi connectivity index (χ3v) is 2.43. The summed E-state index contributed by atoms with van der Waals surface area (Å²) in [6.07, 6.45) is 0. The van der Waals surface area contributed by atoms with Crippen LogP contribution in [0.4, 0.5) is 0 Å². The smallest absolute Gasteiger partial charge is 0.256 e. The first-order chi connectivity index (χ1) is 7.04. The molecule has 1 heterocycles. The fraction of sp³-hybridized carbons (Fsp3) is 0.444. The summed E-state index contributed by atoms with van der Waals surface area (Å²) in [4.78, 5) is 11.9. The van der Waals surface area contributed by atoms with Crippen LogP contribution in [0.5, 0.6) is 0 Å². The van der Waals surface area contributed by atoms with E-state index in [4.69, 9.17) is 39.2 Å². The molecule has 1 amide bonds. The van der Waals surface area contributed by atoms with Crippen LogP contribution in [0.2, 0.25) is 5.22 Å². The van der Waals surface area contributed by atoms with Gasteiger partial charge in [-0.25, -0.2) is 0 Å². The van der Waals surface area contributed by atoms with Crippen LogP contribution >= 0.6 is 34.8 Å². The van der Waals surface area contributed by atoms with E-state index in [1.165, 1.54) is 4.90 Å². The van der Waals surface area contributed by atoms with Crippen LogP contribution in [0.25, 0.3) is 0 Å². The summed E-state index contributed by atoms with van der Waals surface area (Å²) >= 11 is 16.6. The van der Waals surface area contributed by atoms with Crippen molar-refractivity contribution in [1.29, 1.82) is 0 Å². The maximum Gasteiger partial charge on any atom is 0.256 e. The van der Waals surface area contributed by atoms with Gasteiger partial charge in [0, 0.05) is 6.54 Å². The molecule has 1 aromatic rings. The number of hydrogen-bond acceptors (Lipinski definition) is 2. The predicted octanol–water partition coefficient (Wildman–Crippen LogP) is 3.09. The topological polar surface area (TPSA) is 33.5 Å². The normalized spacial score (nSPS) is 10.7. The molecule has 15 heavy (non-hydrogen) atoms. The second-order valence-electron chi connectivity index (χ2n) is 2.86. The summed E-state index contributed by atoms with van der Waals surface area (Å²) < 4.78 is 5.13. The van der Waals surface area contributed by atoms with Crippen LogP contribution in [0.1, 0.15) is 12.7 Å². The van der Waals surface area contributed by atoms with Gasteiger partial charge < -0.3 is 9.32 Å². The minimum Gasteiger partial charge on any atom is -0.448 e. The van der Waals surface area contributed by atoms with Crippen LogP contribution in [-0.2, 0) is 11.3 Å². The monoisotopic (exact) mass is 269 g/mol. The average Bonchev–Trinajstić information content (AvgIpc) is 2.59. The van der Waals surface area contributed by atoms with Gasteiger partial charge in [-0.1, -0.05) is 23.2 Å². The Kier molecular flexibility index (Phi) is 4.77. The van der Waals surface area contributed by atoms with Crippen LogP contribution in [0.15, 0.2) is 16.5 Å². The van der Waals surface area contributed by atoms with Gasteiger partial charge in [0.1, 0.15) is 5.76 Å². The van der Waals surface area contributed by atoms with Crippen LogP contribution in [0.3, 0.4) is 0 Å². The number of amides is 1. The fourth-order valence-corrected chi connectivity index (χ4v) is 1.55. The number of rotatable bonds is 4. The molecule has 0 saturated heterocycles. The van der Waals surface area contributed by atoms with Crippen molar-refractivity contribution in [3.8, 4) is 0 Å². The number of carbonyl (C=O) groups is 1. The van der Waals surface area contributed by atoms with Gasteiger partial charge in [0.25, 0.3) is 5.91 Å². The highest BCUT2D eigenvalue weighted by Gasteiger charge is 2.19. The molecule has 0 radical (unpaired) electrons. The first-order valence-electron chi connectivity index (χ1n) is 4.35. The van der Waals surface area contributed by atoms with Gasteiger partial charge in [-0.15, -0.1) is 0 Å². The molecule has 84 valence electrons. The van der Waals surface area contributed by atoms with Crippen LogP contribution in [0, 0.1) is 0 Å². The van der Waals surface area contributed by atoms with E-state index in [-0.39, 0.29) is 5.91 Å². The number of carbonyl (C=O) groups excluding carboxylic acids is 1. The standard InChI is InChI=1S/C9H10Cl3NO2/c1-2-13(9(14)8(11)12)5-6-3-4-7(10)15-6/h3-4,8H,2,5H2,1H3. The van der Waals surface area contributed by atoms with Crippen molar-refractivity contribution >= 4 is 40.7 Å². The van der Waals surface area contributed by atoms with E-state index in [1.807, 2.05) is 6.92 Å². The minimum absolute atomic E-state index is 0.293. The average molecular weight is 271 g/mol. The summed E-state index contributed by atoms with van der Waals surface area (Å²) in [5.41, 5.74) is 0. The molecule has 0 aliphatic rings. The zero-order valence-electron chi connectivity index (χ0n) is 8.04. The second kappa shape index (κ2) is 5.64. The van der Waals surface area contributed by atoms with Crippen molar-refractivity contribution in [2.75, 3.05) is 6.54 Å². The van der Waals surface area contributed by atoms with Crippen LogP contribution in [-0.4, -0.2) is 22.2 Å². The van der Waals surface area contributed by atoms with Crippen molar-refractivity contribution in [1.82, 2.24) is 4.90 Å². The molecular weight excluding hydrogens is 260 g/mol. The van der Waals surface area contributed by atoms with E-state index in [1.54, 1.807) is 12.1 Å². The van der Waals surface area contributed by atoms with Gasteiger partial charge in [-0.2, -0.15) is 0 Å². The second-order valence-corrected chi connectivity index (χ2v) is 4.33. The lowest BCUT2D eigenvalue weighted by Crippen LogP contribution is -2.34. The molecule has 1 aromatic heterocycles. The zero-order valence-corrected chi connectivity index (χ0v) is 10.3. The van der Waals surface area contributed by atoms with Gasteiger partial charge in [0.05, 0.1) is 6.54 Å². The molecule has 0 spiro atoms. The number of hydrogen-bond donors (Lipinski definition) is 0. The highest BCUT2D eigenvalue weighted by Crippen LogP contribution is 2.16. The molecule has 0 fully saturated rings. The molecule has 0 unspecified atom stereocenters. The van der Waals surface area contributed by atoms with E-state index >= 15 is 0 Å². The highest BCUT2D eigenvalue weighted by molar-refractivity contribution is 6.53. The Morgan fingerprint density at radius 3 is 2.60 bits per heavy atom. The van der Waals surface area contributed by atoms with Gasteiger partial charge in [-0.3, -0.25) is 4.79 Å². The number of halogens is 3. The molecule has 0 aliphatic carbocycles. The van der Waals surface area contributed by atoms with Gasteiger partial charge in [0.15, 0.2) is 10.1 Å². The maximum absolute atomic E-state index is 11.5. The van der Waals surface area contributed by atoms with E-state index in [0.29, 0.717) is 24.1 Å². The lowest BCUT2D eigenvalue weighted by Gasteiger charge is -2.19. The lowest BCUT2D eigenvalue weighted by molar-refractivity contribution is -0.130. The molecule has 0 N–H and O–H groups in total. The van der Waals surface area contributed by atoms with Crippen molar-refractivity contribution in [3.63, 3.8) is 0 Å². The first kappa shape index (κ1) is 12.7. The summed E-state index contributed by atoms with van der Waals surface area (Å²) in [5.74, 6) is 0.262. The Hall–Kier alpha value is -0.380. The Balaban J connectivity index is 2.65. The molecule has 3 nitrogen and oxygen atoms in total. The Morgan fingerprint density at radius 1 is 1.53 bits per heavy atom. The molecule has 1 rings (SSSR count). The van der Waals surface area contributed by atoms with Gasteiger partial charge in [0.2, 0.25) is 0 Å². The fourth-order valence-electron chi connectivity index (χ4n) is 1.11. The SMILES string of the molecule is CCN(Cc1ccc(Cl)o1)C(=O)C(Cl)Cl. The van der Waals surface area contributed by atoms with Crippen molar-refractivity contribution in [3.05, 3.63) is 23.1 Å². The maximum atomic E-state index is 11.5. The molecule has 0 aliphatic heterocycles. The number of alkyl halides is 2. The highest BCUT2D eigenvalue weighted by atomic mass is 35.5. The predicted molar refractivity (Wildman–Crippen MR) is 60.3 cm³/mol. The van der Waals surface area contributed by atoms with E-state index in [9.17, 15) is 4.79 Å². The number of nitrogens with zero attached hydrogens (tertiary/aromatic N) is 1. The molecule has 0 atom stereocenters. The van der Waals surface area contributed by atoms with E-state index in [2.05, 4.69) is 0 Å². The Labute approximate surface area is 103 Å². The van der Waals surface area contributed by atoms with E-state index < -0.39 is 4.84 Å². The molecular formula is C9H10Cl3NO2. The summed E-state index contributed by atoms with van der Waals surface area (Å²) in [6.45, 7) is 2.66. The summed E-state index contributed by atoms with van der Waals surface area (Å²) in [5, 5.41) is 0.293. The first-order valence-corrected chi connectivity index (χ1v) is 5.60. The lowest BCUT2D eigenvalue weighted by atomic mass is 10.4. The quantitative estimate of drug-likeness (QED) is 0.788.